The minimum absolute atomic E-state index is 0.0911. The average molecular weight is 487 g/mol. The molecule has 0 aromatic carbocycles. The standard InChI is InChI=1S/C22H23ClN6O3S/c1-10(2)26-19-15-20(28-14(27-19)7-5-11-4-6-13(23)33-11)29(9-25-15)16-12-8-22(12,21(32)24-3)18(31)17(16)30/h4,6,9-10,12,16-18,30-31H,8H2,1-3H3,(H,24,32)(H,26,27,28). The number of anilines is 1. The smallest absolute Gasteiger partial charge is 0.229 e. The molecule has 0 radical (unpaired) electrons. The van der Waals surface area contributed by atoms with Crippen LogP contribution in [0.4, 0.5) is 5.82 Å². The van der Waals surface area contributed by atoms with Crippen LogP contribution in [0.3, 0.4) is 0 Å². The molecule has 5 atom stereocenters. The van der Waals surface area contributed by atoms with E-state index in [2.05, 4.69) is 37.4 Å². The van der Waals surface area contributed by atoms with Crippen LogP contribution in [0, 0.1) is 23.2 Å². The van der Waals surface area contributed by atoms with Crippen molar-refractivity contribution in [1.82, 2.24) is 24.8 Å². The first-order valence-corrected chi connectivity index (χ1v) is 11.8. The number of thiophene rings is 1. The Labute approximate surface area is 199 Å². The molecule has 0 saturated heterocycles. The van der Waals surface area contributed by atoms with E-state index < -0.39 is 23.7 Å². The van der Waals surface area contributed by atoms with E-state index in [-0.39, 0.29) is 17.9 Å². The summed E-state index contributed by atoms with van der Waals surface area (Å²) in [5.74, 6) is 6.35. The predicted molar refractivity (Wildman–Crippen MR) is 125 cm³/mol. The van der Waals surface area contributed by atoms with E-state index in [1.165, 1.54) is 18.4 Å². The number of halogens is 1. The third-order valence-electron chi connectivity index (χ3n) is 6.36. The third kappa shape index (κ3) is 3.47. The molecule has 2 aliphatic rings. The van der Waals surface area contributed by atoms with Crippen LogP contribution in [0.25, 0.3) is 11.2 Å². The number of amides is 1. The van der Waals surface area contributed by atoms with E-state index in [9.17, 15) is 15.0 Å². The lowest BCUT2D eigenvalue weighted by Gasteiger charge is -2.23. The van der Waals surface area contributed by atoms with Gasteiger partial charge in [-0.15, -0.1) is 11.3 Å². The number of hydrogen-bond acceptors (Lipinski definition) is 8. The first-order chi connectivity index (χ1) is 15.8. The number of aliphatic hydroxyl groups excluding tert-OH is 2. The highest BCUT2D eigenvalue weighted by Crippen LogP contribution is 2.67. The molecule has 4 N–H and O–H groups in total. The Morgan fingerprint density at radius 3 is 2.79 bits per heavy atom. The zero-order valence-electron chi connectivity index (χ0n) is 18.2. The van der Waals surface area contributed by atoms with Crippen molar-refractivity contribution in [2.75, 3.05) is 12.4 Å². The van der Waals surface area contributed by atoms with Crippen LogP contribution < -0.4 is 10.6 Å². The van der Waals surface area contributed by atoms with Gasteiger partial charge in [0.05, 0.1) is 33.1 Å². The van der Waals surface area contributed by atoms with Gasteiger partial charge < -0.3 is 25.4 Å². The average Bonchev–Trinajstić information content (AvgIpc) is 3.03. The topological polar surface area (TPSA) is 125 Å². The van der Waals surface area contributed by atoms with E-state index in [0.717, 1.165) is 4.88 Å². The second-order valence-electron chi connectivity index (χ2n) is 8.73. The Bertz CT molecular complexity index is 1310. The van der Waals surface area contributed by atoms with Crippen LogP contribution in [0.1, 0.15) is 37.0 Å². The lowest BCUT2D eigenvalue weighted by atomic mass is 9.98. The number of nitrogens with one attached hydrogen (secondary N) is 2. The molecule has 11 heteroatoms. The molecule has 5 unspecified atom stereocenters. The summed E-state index contributed by atoms with van der Waals surface area (Å²) >= 11 is 7.36. The summed E-state index contributed by atoms with van der Waals surface area (Å²) < 4.78 is 2.39. The number of carbonyl (C=O) groups is 1. The van der Waals surface area contributed by atoms with Crippen molar-refractivity contribution in [3.8, 4) is 11.8 Å². The molecule has 3 heterocycles. The summed E-state index contributed by atoms with van der Waals surface area (Å²) in [6, 6.07) is 3.16. The van der Waals surface area contributed by atoms with E-state index in [4.69, 9.17) is 11.6 Å². The van der Waals surface area contributed by atoms with Crippen molar-refractivity contribution in [1.29, 1.82) is 0 Å². The molecule has 0 spiro atoms. The van der Waals surface area contributed by atoms with E-state index in [0.29, 0.717) is 33.6 Å². The van der Waals surface area contributed by atoms with Crippen LogP contribution in [0.2, 0.25) is 4.34 Å². The number of hydrogen-bond donors (Lipinski definition) is 4. The van der Waals surface area contributed by atoms with Crippen LogP contribution in [-0.4, -0.2) is 60.9 Å². The molecule has 0 aliphatic heterocycles. The highest BCUT2D eigenvalue weighted by Gasteiger charge is 2.75. The fraction of sp³-hybridized carbons (Fsp3) is 0.455. The molecule has 0 bridgehead atoms. The Kier molecular flexibility index (Phi) is 5.33. The van der Waals surface area contributed by atoms with Crippen molar-refractivity contribution >= 4 is 45.8 Å². The molecule has 172 valence electrons. The van der Waals surface area contributed by atoms with Crippen LogP contribution >= 0.6 is 22.9 Å². The summed E-state index contributed by atoms with van der Waals surface area (Å²) in [5, 5.41) is 27.5. The number of rotatable bonds is 4. The summed E-state index contributed by atoms with van der Waals surface area (Å²) in [5.41, 5.74) is 0.0356. The fourth-order valence-electron chi connectivity index (χ4n) is 4.85. The fourth-order valence-corrected chi connectivity index (χ4v) is 5.75. The SMILES string of the molecule is CNC(=O)C12CC1C(n1cnc3c(NC(C)C)nc(C#Cc4ccc(Cl)s4)nc31)C(O)C2O. The Morgan fingerprint density at radius 1 is 1.33 bits per heavy atom. The highest BCUT2D eigenvalue weighted by molar-refractivity contribution is 7.16. The van der Waals surface area contributed by atoms with Gasteiger partial charge in [0.15, 0.2) is 17.0 Å². The lowest BCUT2D eigenvalue weighted by molar-refractivity contribution is -0.132. The Morgan fingerprint density at radius 2 is 2.12 bits per heavy atom. The summed E-state index contributed by atoms with van der Waals surface area (Å²) in [7, 11) is 1.54. The van der Waals surface area contributed by atoms with Gasteiger partial charge in [-0.25, -0.2) is 15.0 Å². The van der Waals surface area contributed by atoms with Crippen molar-refractivity contribution in [2.45, 2.75) is 44.6 Å². The number of fused-ring (bicyclic) bond motifs is 2. The zero-order chi connectivity index (χ0) is 23.5. The van der Waals surface area contributed by atoms with Gasteiger partial charge >= 0.3 is 0 Å². The Hall–Kier alpha value is -2.71. The van der Waals surface area contributed by atoms with Crippen LogP contribution in [0.15, 0.2) is 18.5 Å². The number of nitrogens with zero attached hydrogens (tertiary/aromatic N) is 4. The van der Waals surface area contributed by atoms with E-state index >= 15 is 0 Å². The molecule has 2 fully saturated rings. The van der Waals surface area contributed by atoms with Gasteiger partial charge in [-0.05, 0) is 44.2 Å². The van der Waals surface area contributed by atoms with Crippen LogP contribution in [-0.2, 0) is 4.79 Å². The maximum Gasteiger partial charge on any atom is 0.229 e. The van der Waals surface area contributed by atoms with E-state index in [1.54, 1.807) is 17.0 Å². The van der Waals surface area contributed by atoms with Gasteiger partial charge in [-0.3, -0.25) is 4.79 Å². The molecule has 9 nitrogen and oxygen atoms in total. The maximum absolute atomic E-state index is 12.5. The molecule has 33 heavy (non-hydrogen) atoms. The third-order valence-corrected chi connectivity index (χ3v) is 7.51. The number of aromatic nitrogens is 4. The Balaban J connectivity index is 1.60. The van der Waals surface area contributed by atoms with Crippen molar-refractivity contribution < 1.29 is 15.0 Å². The van der Waals surface area contributed by atoms with Gasteiger partial charge in [0.2, 0.25) is 11.7 Å². The summed E-state index contributed by atoms with van der Waals surface area (Å²) in [4.78, 5) is 27.0. The number of imidazole rings is 1. The maximum atomic E-state index is 12.5. The molecular weight excluding hydrogens is 464 g/mol. The van der Waals surface area contributed by atoms with Gasteiger partial charge in [0, 0.05) is 19.0 Å². The normalized spacial score (nSPS) is 27.8. The van der Waals surface area contributed by atoms with Crippen molar-refractivity contribution in [3.63, 3.8) is 0 Å². The van der Waals surface area contributed by atoms with Crippen molar-refractivity contribution in [2.24, 2.45) is 11.3 Å². The van der Waals surface area contributed by atoms with E-state index in [1.807, 2.05) is 19.9 Å². The largest absolute Gasteiger partial charge is 0.389 e. The van der Waals surface area contributed by atoms with Gasteiger partial charge in [0.1, 0.15) is 6.10 Å². The first-order valence-electron chi connectivity index (χ1n) is 10.6. The molecule has 3 aromatic heterocycles. The molecule has 2 saturated carbocycles. The molecule has 2 aliphatic carbocycles. The molecule has 1 amide bonds. The second-order valence-corrected chi connectivity index (χ2v) is 10.4. The predicted octanol–water partition coefficient (Wildman–Crippen LogP) is 1.79. The first kappa shape index (κ1) is 22.1. The zero-order valence-corrected chi connectivity index (χ0v) is 19.8. The molecular formula is C22H23ClN6O3S. The minimum atomic E-state index is -1.16. The van der Waals surface area contributed by atoms with Gasteiger partial charge in [0.25, 0.3) is 0 Å². The quantitative estimate of drug-likeness (QED) is 0.414. The number of carbonyl (C=O) groups excluding carboxylic acids is 1. The van der Waals surface area contributed by atoms with Gasteiger partial charge in [-0.2, -0.15) is 0 Å². The van der Waals surface area contributed by atoms with Gasteiger partial charge in [-0.1, -0.05) is 11.6 Å². The highest BCUT2D eigenvalue weighted by atomic mass is 35.5. The molecule has 3 aromatic rings. The summed E-state index contributed by atoms with van der Waals surface area (Å²) in [6.45, 7) is 3.98. The summed E-state index contributed by atoms with van der Waals surface area (Å²) in [6.07, 6.45) is -0.219. The molecule has 5 rings (SSSR count). The van der Waals surface area contributed by atoms with Crippen LogP contribution in [0.5, 0.6) is 0 Å². The lowest BCUT2D eigenvalue weighted by Crippen LogP contribution is -2.41. The second kappa shape index (κ2) is 7.95. The number of aliphatic hydroxyl groups is 2. The monoisotopic (exact) mass is 486 g/mol. The van der Waals surface area contributed by atoms with Crippen molar-refractivity contribution in [3.05, 3.63) is 33.5 Å². The minimum Gasteiger partial charge on any atom is -0.389 e.